The number of benzene rings is 2. The molecule has 0 fully saturated rings. The molecule has 0 aromatic heterocycles. The van der Waals surface area contributed by atoms with Gasteiger partial charge in [-0.15, -0.1) is 0 Å². The van der Waals surface area contributed by atoms with Crippen LogP contribution in [0.1, 0.15) is 17.2 Å². The lowest BCUT2D eigenvalue weighted by Gasteiger charge is -2.14. The highest BCUT2D eigenvalue weighted by molar-refractivity contribution is 9.10. The van der Waals surface area contributed by atoms with Gasteiger partial charge in [-0.2, -0.15) is 0 Å². The van der Waals surface area contributed by atoms with E-state index >= 15 is 0 Å². The standard InChI is InChI=1S/C13H8BrF4N/c14-8-3-6(1-2-9(8)15)13(19)7-4-11(17)12(18)5-10(7)16/h1-5,13H,19H2. The van der Waals surface area contributed by atoms with E-state index in [9.17, 15) is 17.6 Å². The number of halogens is 5. The highest BCUT2D eigenvalue weighted by atomic mass is 79.9. The van der Waals surface area contributed by atoms with Gasteiger partial charge in [0.15, 0.2) is 11.6 Å². The van der Waals surface area contributed by atoms with Crippen LogP contribution < -0.4 is 5.73 Å². The Hall–Kier alpha value is -1.40. The van der Waals surface area contributed by atoms with Crippen LogP contribution in [0, 0.1) is 23.3 Å². The molecule has 0 radical (unpaired) electrons. The zero-order chi connectivity index (χ0) is 14.2. The highest BCUT2D eigenvalue weighted by Gasteiger charge is 2.18. The molecule has 1 unspecified atom stereocenters. The van der Waals surface area contributed by atoms with Crippen LogP contribution in [0.2, 0.25) is 0 Å². The quantitative estimate of drug-likeness (QED) is 0.651. The minimum absolute atomic E-state index is 0.156. The lowest BCUT2D eigenvalue weighted by molar-refractivity contribution is 0.487. The topological polar surface area (TPSA) is 26.0 Å². The van der Waals surface area contributed by atoms with Gasteiger partial charge in [0, 0.05) is 11.6 Å². The zero-order valence-corrected chi connectivity index (χ0v) is 11.0. The van der Waals surface area contributed by atoms with Crippen LogP contribution in [0.3, 0.4) is 0 Å². The van der Waals surface area contributed by atoms with Crippen LogP contribution >= 0.6 is 15.9 Å². The molecule has 0 aliphatic heterocycles. The van der Waals surface area contributed by atoms with Crippen molar-refractivity contribution in [2.75, 3.05) is 0 Å². The van der Waals surface area contributed by atoms with E-state index in [4.69, 9.17) is 5.73 Å². The SMILES string of the molecule is NC(c1ccc(F)c(Br)c1)c1cc(F)c(F)cc1F. The molecule has 19 heavy (non-hydrogen) atoms. The average Bonchev–Trinajstić information content (AvgIpc) is 2.36. The summed E-state index contributed by atoms with van der Waals surface area (Å²) in [7, 11) is 0. The smallest absolute Gasteiger partial charge is 0.161 e. The van der Waals surface area contributed by atoms with E-state index in [1.165, 1.54) is 12.1 Å². The van der Waals surface area contributed by atoms with Crippen molar-refractivity contribution in [1.82, 2.24) is 0 Å². The fourth-order valence-corrected chi connectivity index (χ4v) is 2.06. The van der Waals surface area contributed by atoms with Gasteiger partial charge >= 0.3 is 0 Å². The molecule has 1 atom stereocenters. The number of hydrogen-bond donors (Lipinski definition) is 1. The van der Waals surface area contributed by atoms with Crippen molar-refractivity contribution in [3.63, 3.8) is 0 Å². The summed E-state index contributed by atoms with van der Waals surface area (Å²) >= 11 is 2.97. The summed E-state index contributed by atoms with van der Waals surface area (Å²) in [6.45, 7) is 0. The second kappa shape index (κ2) is 5.30. The van der Waals surface area contributed by atoms with Gasteiger partial charge in [0.25, 0.3) is 0 Å². The fourth-order valence-electron chi connectivity index (χ4n) is 1.66. The van der Waals surface area contributed by atoms with E-state index in [-0.39, 0.29) is 10.0 Å². The molecular formula is C13H8BrF4N. The maximum absolute atomic E-state index is 13.6. The monoisotopic (exact) mass is 333 g/mol. The van der Waals surface area contributed by atoms with Crippen molar-refractivity contribution < 1.29 is 17.6 Å². The van der Waals surface area contributed by atoms with Gasteiger partial charge in [0.1, 0.15) is 11.6 Å². The Bertz CT molecular complexity index is 630. The minimum Gasteiger partial charge on any atom is -0.320 e. The molecule has 2 N–H and O–H groups in total. The Kier molecular flexibility index (Phi) is 3.91. The minimum atomic E-state index is -1.28. The van der Waals surface area contributed by atoms with E-state index in [1.807, 2.05) is 0 Å². The summed E-state index contributed by atoms with van der Waals surface area (Å²) in [5.41, 5.74) is 5.96. The van der Waals surface area contributed by atoms with E-state index in [1.54, 1.807) is 0 Å². The lowest BCUT2D eigenvalue weighted by atomic mass is 9.99. The van der Waals surface area contributed by atoms with Crippen molar-refractivity contribution in [1.29, 1.82) is 0 Å². The Morgan fingerprint density at radius 3 is 2.11 bits per heavy atom. The molecule has 2 rings (SSSR count). The summed E-state index contributed by atoms with van der Waals surface area (Å²) in [6.07, 6.45) is 0. The Morgan fingerprint density at radius 1 is 0.842 bits per heavy atom. The van der Waals surface area contributed by atoms with E-state index < -0.39 is 29.3 Å². The predicted molar refractivity (Wildman–Crippen MR) is 66.4 cm³/mol. The van der Waals surface area contributed by atoms with Gasteiger partial charge in [-0.1, -0.05) is 6.07 Å². The van der Waals surface area contributed by atoms with Gasteiger partial charge < -0.3 is 5.73 Å². The summed E-state index contributed by atoms with van der Waals surface area (Å²) in [5, 5.41) is 0. The number of hydrogen-bond acceptors (Lipinski definition) is 1. The summed E-state index contributed by atoms with van der Waals surface area (Å²) in [4.78, 5) is 0. The van der Waals surface area contributed by atoms with E-state index in [0.29, 0.717) is 17.7 Å². The first kappa shape index (κ1) is 14.0. The summed E-state index contributed by atoms with van der Waals surface area (Å²) < 4.78 is 52.8. The molecule has 0 saturated carbocycles. The zero-order valence-electron chi connectivity index (χ0n) is 9.43. The molecule has 0 spiro atoms. The van der Waals surface area contributed by atoms with Gasteiger partial charge in [-0.3, -0.25) is 0 Å². The molecule has 0 aliphatic carbocycles. The lowest BCUT2D eigenvalue weighted by Crippen LogP contribution is -2.14. The van der Waals surface area contributed by atoms with E-state index in [2.05, 4.69) is 15.9 Å². The third-order valence-corrected chi connectivity index (χ3v) is 3.29. The third-order valence-electron chi connectivity index (χ3n) is 2.68. The summed E-state index contributed by atoms with van der Waals surface area (Å²) in [6, 6.07) is 3.98. The molecule has 0 heterocycles. The molecule has 0 bridgehead atoms. The molecule has 6 heteroatoms. The second-order valence-electron chi connectivity index (χ2n) is 3.94. The molecule has 2 aromatic carbocycles. The van der Waals surface area contributed by atoms with Crippen molar-refractivity contribution in [3.05, 3.63) is 69.2 Å². The second-order valence-corrected chi connectivity index (χ2v) is 4.79. The Balaban J connectivity index is 2.46. The molecule has 0 amide bonds. The predicted octanol–water partition coefficient (Wildman–Crippen LogP) is 4.05. The Morgan fingerprint density at radius 2 is 1.47 bits per heavy atom. The van der Waals surface area contributed by atoms with Gasteiger partial charge in [-0.05, 0) is 39.7 Å². The average molecular weight is 334 g/mol. The van der Waals surface area contributed by atoms with Crippen molar-refractivity contribution >= 4 is 15.9 Å². The highest BCUT2D eigenvalue weighted by Crippen LogP contribution is 2.27. The number of rotatable bonds is 2. The molecular weight excluding hydrogens is 326 g/mol. The molecule has 0 aliphatic rings. The van der Waals surface area contributed by atoms with Crippen LogP contribution in [-0.4, -0.2) is 0 Å². The van der Waals surface area contributed by atoms with Gasteiger partial charge in [-0.25, -0.2) is 17.6 Å². The summed E-state index contributed by atoms with van der Waals surface area (Å²) in [5.74, 6) is -3.92. The van der Waals surface area contributed by atoms with Crippen molar-refractivity contribution in [2.45, 2.75) is 6.04 Å². The van der Waals surface area contributed by atoms with Crippen molar-refractivity contribution in [2.24, 2.45) is 5.73 Å². The third kappa shape index (κ3) is 2.79. The van der Waals surface area contributed by atoms with Crippen molar-refractivity contribution in [3.8, 4) is 0 Å². The normalized spacial score (nSPS) is 12.5. The first-order valence-corrected chi connectivity index (χ1v) is 6.04. The van der Waals surface area contributed by atoms with Crippen LogP contribution in [0.25, 0.3) is 0 Å². The first-order valence-electron chi connectivity index (χ1n) is 5.25. The number of nitrogens with two attached hydrogens (primary N) is 1. The molecule has 100 valence electrons. The maximum Gasteiger partial charge on any atom is 0.161 e. The van der Waals surface area contributed by atoms with Crippen LogP contribution in [0.5, 0.6) is 0 Å². The van der Waals surface area contributed by atoms with Gasteiger partial charge in [0.05, 0.1) is 10.5 Å². The van der Waals surface area contributed by atoms with Crippen LogP contribution in [0.15, 0.2) is 34.8 Å². The molecule has 2 aromatic rings. The molecule has 0 saturated heterocycles. The molecule has 1 nitrogen and oxygen atoms in total. The van der Waals surface area contributed by atoms with Crippen LogP contribution in [0.4, 0.5) is 17.6 Å². The van der Waals surface area contributed by atoms with Crippen LogP contribution in [-0.2, 0) is 0 Å². The van der Waals surface area contributed by atoms with Gasteiger partial charge in [0.2, 0.25) is 0 Å². The first-order chi connectivity index (χ1) is 8.90. The Labute approximate surface area is 115 Å². The van der Waals surface area contributed by atoms with E-state index in [0.717, 1.165) is 6.07 Å². The maximum atomic E-state index is 13.6. The largest absolute Gasteiger partial charge is 0.320 e. The fraction of sp³-hybridized carbons (Fsp3) is 0.0769.